The van der Waals surface area contributed by atoms with Gasteiger partial charge >= 0.3 is 7.40 Å². The number of rotatable bonds is 7. The number of aliphatic imine (C=N–C) groups is 1. The summed E-state index contributed by atoms with van der Waals surface area (Å²) < 4.78 is 34.7. The van der Waals surface area contributed by atoms with Crippen LogP contribution < -0.4 is 0 Å². The van der Waals surface area contributed by atoms with Crippen LogP contribution in [0.15, 0.2) is 235 Å². The van der Waals surface area contributed by atoms with Gasteiger partial charge in [0.1, 0.15) is 0 Å². The molecule has 0 saturated carbocycles. The van der Waals surface area contributed by atoms with E-state index >= 15 is 8.63 Å². The van der Waals surface area contributed by atoms with Gasteiger partial charge in [-0.15, -0.1) is 0 Å². The summed E-state index contributed by atoms with van der Waals surface area (Å²) in [4.78, 5) is 5.62. The van der Waals surface area contributed by atoms with Gasteiger partial charge in [-0.1, -0.05) is 188 Å². The van der Waals surface area contributed by atoms with Crippen LogP contribution in [0.4, 0.5) is 8.63 Å². The molecule has 1 aromatic heterocycles. The van der Waals surface area contributed by atoms with Crippen LogP contribution in [0.1, 0.15) is 22.4 Å². The van der Waals surface area contributed by atoms with Crippen LogP contribution in [0.5, 0.6) is 0 Å². The molecular formula is C59H37BF2N2. The molecule has 2 nitrogen and oxygen atoms in total. The molecule has 10 aromatic carbocycles. The Morgan fingerprint density at radius 1 is 0.406 bits per heavy atom. The van der Waals surface area contributed by atoms with E-state index in [1.165, 1.54) is 4.48 Å². The largest absolute Gasteiger partial charge is 0.678 e. The van der Waals surface area contributed by atoms with E-state index in [9.17, 15) is 0 Å². The molecule has 11 aromatic rings. The van der Waals surface area contributed by atoms with Gasteiger partial charge in [0, 0.05) is 28.0 Å². The SMILES string of the molecule is FB(F)n1c(-c2ccc3ccccc3c2)cc(-c2ccc3ccccc3c2)c1/C(=C1\N=C(c2ccc3ccccc3c2)C=C1c1ccc2ccccc2c1)c1cccc2ccccc12. The second-order valence-electron chi connectivity index (χ2n) is 16.5. The summed E-state index contributed by atoms with van der Waals surface area (Å²) >= 11 is 0. The minimum Gasteiger partial charge on any atom is -0.324 e. The molecule has 1 aliphatic rings. The molecule has 0 amide bonds. The first-order valence-electron chi connectivity index (χ1n) is 21.6. The summed E-state index contributed by atoms with van der Waals surface area (Å²) in [5.74, 6) is 0. The minimum atomic E-state index is -2.91. The third-order valence-corrected chi connectivity index (χ3v) is 12.7. The van der Waals surface area contributed by atoms with E-state index in [4.69, 9.17) is 4.99 Å². The molecule has 0 atom stereocenters. The molecule has 1 aliphatic heterocycles. The summed E-state index contributed by atoms with van der Waals surface area (Å²) in [7, 11) is -2.91. The summed E-state index contributed by atoms with van der Waals surface area (Å²) in [5, 5.41) is 10.5. The van der Waals surface area contributed by atoms with E-state index in [1.807, 2.05) is 103 Å². The van der Waals surface area contributed by atoms with Gasteiger partial charge < -0.3 is 4.48 Å². The van der Waals surface area contributed by atoms with Gasteiger partial charge in [-0.3, -0.25) is 8.63 Å². The maximum absolute atomic E-state index is 16.7. The topological polar surface area (TPSA) is 17.3 Å². The zero-order valence-corrected chi connectivity index (χ0v) is 34.6. The van der Waals surface area contributed by atoms with Crippen LogP contribution in [0, 0.1) is 0 Å². The molecule has 0 saturated heterocycles. The molecule has 0 radical (unpaired) electrons. The Hall–Kier alpha value is -8.15. The fourth-order valence-electron chi connectivity index (χ4n) is 9.62. The third kappa shape index (κ3) is 6.44. The first kappa shape index (κ1) is 37.6. The Balaban J connectivity index is 1.24. The van der Waals surface area contributed by atoms with Crippen molar-refractivity contribution < 1.29 is 8.63 Å². The quantitative estimate of drug-likeness (QED) is 0.143. The number of allylic oxidation sites excluding steroid dienone is 2. The normalized spacial score (nSPS) is 13.5. The molecule has 0 aliphatic carbocycles. The lowest BCUT2D eigenvalue weighted by Gasteiger charge is -2.21. The summed E-state index contributed by atoms with van der Waals surface area (Å²) in [6, 6.07) is 74.3. The Bertz CT molecular complexity index is 3770. The first-order valence-corrected chi connectivity index (χ1v) is 21.6. The van der Waals surface area contributed by atoms with Crippen molar-refractivity contribution in [3.63, 3.8) is 0 Å². The smallest absolute Gasteiger partial charge is 0.324 e. The lowest BCUT2D eigenvalue weighted by molar-refractivity contribution is 0.630. The Morgan fingerprint density at radius 2 is 0.859 bits per heavy atom. The van der Waals surface area contributed by atoms with E-state index in [-0.39, 0.29) is 0 Å². The van der Waals surface area contributed by atoms with Crippen LogP contribution >= 0.6 is 0 Å². The van der Waals surface area contributed by atoms with Gasteiger partial charge in [0.15, 0.2) is 0 Å². The van der Waals surface area contributed by atoms with Crippen molar-refractivity contribution in [2.24, 2.45) is 4.99 Å². The lowest BCUT2D eigenvalue weighted by atomic mass is 9.87. The highest BCUT2D eigenvalue weighted by Crippen LogP contribution is 2.47. The van der Waals surface area contributed by atoms with Crippen LogP contribution in [0.3, 0.4) is 0 Å². The number of fused-ring (bicyclic) bond motifs is 5. The van der Waals surface area contributed by atoms with Gasteiger partial charge in [-0.2, -0.15) is 0 Å². The van der Waals surface area contributed by atoms with E-state index in [2.05, 4.69) is 121 Å². The standard InChI is InChI=1S/C59H37BF2N2/c61-60(62)64-56(50-31-27-41-15-4-8-20-46(41)35-50)37-54(48-29-25-39-13-2-6-18-44(39)33-48)59(64)57(52-23-11-21-42-16-9-10-22-51(42)52)58-53(47-28-24-38-12-1-5-17-43(38)32-47)36-55(63-58)49-30-26-40-14-3-7-19-45(40)34-49/h1-37H/b58-57-. The summed E-state index contributed by atoms with van der Waals surface area (Å²) in [6.45, 7) is 0. The predicted octanol–water partition coefficient (Wildman–Crippen LogP) is 15.7. The second-order valence-corrected chi connectivity index (χ2v) is 16.5. The van der Waals surface area contributed by atoms with E-state index in [1.54, 1.807) is 0 Å². The van der Waals surface area contributed by atoms with Crippen LogP contribution in [-0.2, 0) is 0 Å². The van der Waals surface area contributed by atoms with Gasteiger partial charge in [0.2, 0.25) is 0 Å². The van der Waals surface area contributed by atoms with Crippen LogP contribution in [-0.4, -0.2) is 17.6 Å². The van der Waals surface area contributed by atoms with Crippen molar-refractivity contribution in [2.45, 2.75) is 0 Å². The highest BCUT2D eigenvalue weighted by Gasteiger charge is 2.34. The van der Waals surface area contributed by atoms with Crippen molar-refractivity contribution in [3.8, 4) is 22.4 Å². The Morgan fingerprint density at radius 3 is 1.45 bits per heavy atom. The molecule has 12 rings (SSSR count). The van der Waals surface area contributed by atoms with Crippen molar-refractivity contribution in [1.29, 1.82) is 0 Å². The zero-order valence-electron chi connectivity index (χ0n) is 34.6. The summed E-state index contributed by atoms with van der Waals surface area (Å²) in [6.07, 6.45) is 2.14. The Labute approximate surface area is 369 Å². The van der Waals surface area contributed by atoms with Gasteiger partial charge in [-0.05, 0) is 113 Å². The van der Waals surface area contributed by atoms with E-state index < -0.39 is 7.40 Å². The average Bonchev–Trinajstić information content (AvgIpc) is 3.97. The molecule has 0 spiro atoms. The van der Waals surface area contributed by atoms with Gasteiger partial charge in [0.25, 0.3) is 0 Å². The zero-order chi connectivity index (χ0) is 42.7. The van der Waals surface area contributed by atoms with Gasteiger partial charge in [-0.25, -0.2) is 4.99 Å². The average molecular weight is 823 g/mol. The molecule has 64 heavy (non-hydrogen) atoms. The van der Waals surface area contributed by atoms with Gasteiger partial charge in [0.05, 0.1) is 17.1 Å². The molecule has 5 heteroatoms. The lowest BCUT2D eigenvalue weighted by Crippen LogP contribution is -2.18. The Kier molecular flexibility index (Phi) is 9.01. The number of benzene rings is 10. The fraction of sp³-hybridized carbons (Fsp3) is 0. The predicted molar refractivity (Wildman–Crippen MR) is 266 cm³/mol. The van der Waals surface area contributed by atoms with Crippen molar-refractivity contribution in [2.75, 3.05) is 0 Å². The van der Waals surface area contributed by atoms with E-state index in [0.29, 0.717) is 33.8 Å². The summed E-state index contributed by atoms with van der Waals surface area (Å²) in [5.41, 5.74) is 8.63. The number of halogens is 2. The minimum absolute atomic E-state index is 0.398. The third-order valence-electron chi connectivity index (χ3n) is 12.7. The van der Waals surface area contributed by atoms with E-state index in [0.717, 1.165) is 87.4 Å². The highest BCUT2D eigenvalue weighted by molar-refractivity contribution is 6.43. The molecule has 300 valence electrons. The number of aromatic nitrogens is 1. The van der Waals surface area contributed by atoms with Crippen LogP contribution in [0.25, 0.3) is 87.4 Å². The fourth-order valence-corrected chi connectivity index (χ4v) is 9.62. The monoisotopic (exact) mass is 822 g/mol. The maximum atomic E-state index is 16.7. The second kappa shape index (κ2) is 15.3. The molecule has 0 fully saturated rings. The molecule has 0 N–H and O–H groups in total. The van der Waals surface area contributed by atoms with Crippen molar-refractivity contribution in [3.05, 3.63) is 253 Å². The number of hydrogen-bond donors (Lipinski definition) is 0. The maximum Gasteiger partial charge on any atom is 0.678 e. The molecule has 0 bridgehead atoms. The highest BCUT2D eigenvalue weighted by atomic mass is 19.2. The molecule has 2 heterocycles. The first-order chi connectivity index (χ1) is 31.5. The van der Waals surface area contributed by atoms with Crippen LogP contribution in [0.2, 0.25) is 0 Å². The number of hydrogen-bond acceptors (Lipinski definition) is 1. The van der Waals surface area contributed by atoms with Crippen molar-refractivity contribution >= 4 is 78.1 Å². The molecule has 0 unspecified atom stereocenters. The van der Waals surface area contributed by atoms with Crippen molar-refractivity contribution in [1.82, 2.24) is 4.48 Å². The number of nitrogens with zero attached hydrogens (tertiary/aromatic N) is 2. The molecular weight excluding hydrogens is 785 g/mol.